The number of benzene rings is 1. The van der Waals surface area contributed by atoms with Crippen LogP contribution in [0.3, 0.4) is 0 Å². The van der Waals surface area contributed by atoms with Crippen molar-refractivity contribution in [1.82, 2.24) is 4.90 Å². The van der Waals surface area contributed by atoms with E-state index in [1.807, 2.05) is 5.32 Å². The number of aromatic carboxylic acids is 1. The molecule has 1 atom stereocenters. The second-order valence-electron chi connectivity index (χ2n) is 7.50. The van der Waals surface area contributed by atoms with Crippen LogP contribution in [0.1, 0.15) is 41.5 Å². The minimum atomic E-state index is -4.26. The average Bonchev–Trinajstić information content (AvgIpc) is 3.22. The number of amides is 3. The van der Waals surface area contributed by atoms with E-state index in [4.69, 9.17) is 26.6 Å². The number of primary sulfonamides is 1. The number of sulfonamides is 1. The molecule has 1 aromatic heterocycles. The molecule has 3 heterocycles. The van der Waals surface area contributed by atoms with Crippen molar-refractivity contribution in [3.05, 3.63) is 44.3 Å². The molecular formula is C19H14ClN3O10S2. The van der Waals surface area contributed by atoms with Gasteiger partial charge in [0, 0.05) is 11.3 Å². The summed E-state index contributed by atoms with van der Waals surface area (Å²) in [6.45, 7) is -0.404. The number of imide groups is 1. The maximum Gasteiger partial charge on any atom is 0.394 e. The molecule has 0 fully saturated rings. The molecule has 1 aromatic carbocycles. The fourth-order valence-corrected chi connectivity index (χ4v) is 6.03. The Balaban J connectivity index is 1.60. The number of rotatable bonds is 5. The lowest BCUT2D eigenvalue weighted by atomic mass is 10.0. The molecule has 3 amide bonds. The third-order valence-corrected chi connectivity index (χ3v) is 7.82. The van der Waals surface area contributed by atoms with Crippen LogP contribution in [0.5, 0.6) is 0 Å². The van der Waals surface area contributed by atoms with Gasteiger partial charge >= 0.3 is 17.8 Å². The number of carbonyl (C=O) groups excluding carboxylic acids is 3. The van der Waals surface area contributed by atoms with E-state index in [1.165, 1.54) is 0 Å². The minimum absolute atomic E-state index is 0.0625. The van der Waals surface area contributed by atoms with Gasteiger partial charge in [-0.05, 0) is 17.7 Å². The van der Waals surface area contributed by atoms with Crippen LogP contribution in [0.15, 0.2) is 17.0 Å². The molecule has 2 aromatic rings. The van der Waals surface area contributed by atoms with Crippen LogP contribution in [0.4, 0.5) is 5.00 Å². The van der Waals surface area contributed by atoms with Crippen molar-refractivity contribution in [1.29, 1.82) is 0 Å². The van der Waals surface area contributed by atoms with Crippen LogP contribution in [0.25, 0.3) is 0 Å². The van der Waals surface area contributed by atoms with Gasteiger partial charge in [0.25, 0.3) is 11.8 Å². The highest BCUT2D eigenvalue weighted by molar-refractivity contribution is 7.89. The molecule has 0 aliphatic carbocycles. The van der Waals surface area contributed by atoms with E-state index in [2.05, 4.69) is 0 Å². The number of hydrogen-bond donors (Lipinski definition) is 4. The normalized spacial score (nSPS) is 17.2. The zero-order valence-corrected chi connectivity index (χ0v) is 19.6. The standard InChI is InChI=1S/C19H14ClN3O10S2/c20-10-2-7-8(3-12(10)35(21,31)32)17(26)23(16(7)25)4-6-1-9-11(5-33-6)34-15(13(9)18(27)28)22-14(24)19(29)30/h2-3,6H,1,4-5H2,(H,22,24)(H,27,28)(H,29,30)(H2,21,31,32). The molecule has 184 valence electrons. The van der Waals surface area contributed by atoms with E-state index in [0.717, 1.165) is 28.4 Å². The van der Waals surface area contributed by atoms with E-state index < -0.39 is 50.7 Å². The van der Waals surface area contributed by atoms with E-state index in [1.54, 1.807) is 0 Å². The average molecular weight is 544 g/mol. The Bertz CT molecular complexity index is 1450. The van der Waals surface area contributed by atoms with Crippen LogP contribution in [-0.2, 0) is 37.4 Å². The fourth-order valence-electron chi connectivity index (χ4n) is 3.79. The molecule has 5 N–H and O–H groups in total. The lowest BCUT2D eigenvalue weighted by molar-refractivity contribution is -0.147. The topological polar surface area (TPSA) is 210 Å². The summed E-state index contributed by atoms with van der Waals surface area (Å²) in [6.07, 6.45) is -0.902. The first kappa shape index (κ1) is 24.7. The van der Waals surface area contributed by atoms with Gasteiger partial charge in [0.15, 0.2) is 0 Å². The minimum Gasteiger partial charge on any atom is -0.478 e. The number of carboxylic acids is 2. The van der Waals surface area contributed by atoms with Gasteiger partial charge in [0.1, 0.15) is 9.90 Å². The SMILES string of the molecule is NS(=O)(=O)c1cc2c(cc1Cl)C(=O)N(CC1Cc3c(sc(NC(=O)C(=O)O)c3C(=O)O)CO1)C2=O. The summed E-state index contributed by atoms with van der Waals surface area (Å²) in [5, 5.41) is 25.0. The Morgan fingerprint density at radius 2 is 1.83 bits per heavy atom. The Kier molecular flexibility index (Phi) is 6.14. The summed E-state index contributed by atoms with van der Waals surface area (Å²) in [5.74, 6) is -6.17. The summed E-state index contributed by atoms with van der Waals surface area (Å²) >= 11 is 6.76. The zero-order valence-electron chi connectivity index (χ0n) is 17.2. The Morgan fingerprint density at radius 1 is 1.20 bits per heavy atom. The summed E-state index contributed by atoms with van der Waals surface area (Å²) in [4.78, 5) is 60.6. The van der Waals surface area contributed by atoms with Crippen molar-refractivity contribution < 1.29 is 47.3 Å². The number of fused-ring (bicyclic) bond motifs is 2. The smallest absolute Gasteiger partial charge is 0.394 e. The van der Waals surface area contributed by atoms with Crippen LogP contribution < -0.4 is 10.5 Å². The predicted octanol–water partition coefficient (Wildman–Crippen LogP) is 0.508. The van der Waals surface area contributed by atoms with Crippen molar-refractivity contribution in [2.75, 3.05) is 11.9 Å². The Labute approximate surface area is 205 Å². The number of carbonyl (C=O) groups is 5. The van der Waals surface area contributed by atoms with Gasteiger partial charge in [-0.2, -0.15) is 0 Å². The molecule has 0 saturated heterocycles. The second kappa shape index (κ2) is 8.69. The van der Waals surface area contributed by atoms with Crippen molar-refractivity contribution >= 4 is 67.6 Å². The third-order valence-electron chi connectivity index (χ3n) is 5.32. The van der Waals surface area contributed by atoms with Gasteiger partial charge in [-0.1, -0.05) is 11.6 Å². The molecule has 2 aliphatic heterocycles. The first-order valence-electron chi connectivity index (χ1n) is 9.55. The van der Waals surface area contributed by atoms with Crippen molar-refractivity contribution in [2.24, 2.45) is 5.14 Å². The first-order valence-corrected chi connectivity index (χ1v) is 12.3. The number of halogens is 1. The highest BCUT2D eigenvalue weighted by Crippen LogP contribution is 2.39. The van der Waals surface area contributed by atoms with Crippen LogP contribution in [-0.4, -0.2) is 65.8 Å². The van der Waals surface area contributed by atoms with E-state index in [0.29, 0.717) is 4.88 Å². The quantitative estimate of drug-likeness (QED) is 0.303. The zero-order chi connectivity index (χ0) is 25.8. The lowest BCUT2D eigenvalue weighted by Crippen LogP contribution is -2.40. The van der Waals surface area contributed by atoms with Crippen molar-refractivity contribution in [3.63, 3.8) is 0 Å². The highest BCUT2D eigenvalue weighted by atomic mass is 35.5. The highest BCUT2D eigenvalue weighted by Gasteiger charge is 2.40. The summed E-state index contributed by atoms with van der Waals surface area (Å²) in [5.41, 5.74) is -0.361. The number of anilines is 1. The molecule has 13 nitrogen and oxygen atoms in total. The number of nitrogens with one attached hydrogen (secondary N) is 1. The Hall–Kier alpha value is -3.37. The molecule has 4 rings (SSSR count). The van der Waals surface area contributed by atoms with Gasteiger partial charge in [-0.15, -0.1) is 11.3 Å². The fraction of sp³-hybridized carbons (Fsp3) is 0.211. The third kappa shape index (κ3) is 4.39. The maximum atomic E-state index is 12.9. The van der Waals surface area contributed by atoms with Gasteiger partial charge in [-0.3, -0.25) is 19.3 Å². The molecular weight excluding hydrogens is 530 g/mol. The number of thiophene rings is 1. The number of aliphatic carboxylic acids is 1. The first-order chi connectivity index (χ1) is 16.3. The molecule has 1 unspecified atom stereocenters. The number of carboxylic acid groups (broad SMARTS) is 2. The van der Waals surface area contributed by atoms with E-state index >= 15 is 0 Å². The van der Waals surface area contributed by atoms with Gasteiger partial charge < -0.3 is 20.3 Å². The van der Waals surface area contributed by atoms with E-state index in [9.17, 15) is 37.5 Å². The van der Waals surface area contributed by atoms with Gasteiger partial charge in [-0.25, -0.2) is 23.1 Å². The van der Waals surface area contributed by atoms with E-state index in [-0.39, 0.29) is 51.8 Å². The number of nitrogens with two attached hydrogens (primary N) is 1. The molecule has 35 heavy (non-hydrogen) atoms. The molecule has 2 aliphatic rings. The van der Waals surface area contributed by atoms with Crippen LogP contribution >= 0.6 is 22.9 Å². The molecule has 0 saturated carbocycles. The van der Waals surface area contributed by atoms with Crippen molar-refractivity contribution in [2.45, 2.75) is 24.0 Å². The van der Waals surface area contributed by atoms with Crippen LogP contribution in [0, 0.1) is 0 Å². The number of ether oxygens (including phenoxy) is 1. The summed E-state index contributed by atoms with van der Waals surface area (Å²) in [6, 6.07) is 1.96. The molecule has 16 heteroatoms. The number of hydrogen-bond acceptors (Lipinski definition) is 9. The lowest BCUT2D eigenvalue weighted by Gasteiger charge is -2.26. The Morgan fingerprint density at radius 3 is 2.40 bits per heavy atom. The molecule has 0 radical (unpaired) electrons. The van der Waals surface area contributed by atoms with Gasteiger partial charge in [0.05, 0.1) is 41.0 Å². The van der Waals surface area contributed by atoms with Gasteiger partial charge in [0.2, 0.25) is 10.0 Å². The summed E-state index contributed by atoms with van der Waals surface area (Å²) in [7, 11) is -4.26. The molecule has 0 bridgehead atoms. The van der Waals surface area contributed by atoms with Crippen LogP contribution in [0.2, 0.25) is 5.02 Å². The monoisotopic (exact) mass is 543 g/mol. The summed E-state index contributed by atoms with van der Waals surface area (Å²) < 4.78 is 29.1. The number of nitrogens with zero attached hydrogens (tertiary/aromatic N) is 1. The predicted molar refractivity (Wildman–Crippen MR) is 118 cm³/mol. The largest absolute Gasteiger partial charge is 0.478 e. The maximum absolute atomic E-state index is 12.9. The molecule has 0 spiro atoms. The van der Waals surface area contributed by atoms with Crippen molar-refractivity contribution in [3.8, 4) is 0 Å². The second-order valence-corrected chi connectivity index (χ2v) is 10.5.